The fraction of sp³-hybridized carbons (Fsp3) is 1.00. The van der Waals surface area contributed by atoms with E-state index in [9.17, 15) is 5.11 Å². The van der Waals surface area contributed by atoms with Crippen molar-refractivity contribution in [3.63, 3.8) is 0 Å². The van der Waals surface area contributed by atoms with Crippen molar-refractivity contribution in [2.45, 2.75) is 50.4 Å². The largest absolute Gasteiger partial charge is 0.390 e. The molecule has 0 saturated heterocycles. The van der Waals surface area contributed by atoms with Gasteiger partial charge in [0.1, 0.15) is 0 Å². The van der Waals surface area contributed by atoms with Crippen LogP contribution in [-0.2, 0) is 4.74 Å². The Labute approximate surface area is 91.0 Å². The van der Waals surface area contributed by atoms with E-state index < -0.39 is 0 Å². The summed E-state index contributed by atoms with van der Waals surface area (Å²) in [5, 5.41) is 9.98. The van der Waals surface area contributed by atoms with Crippen LogP contribution < -0.4 is 5.73 Å². The van der Waals surface area contributed by atoms with Gasteiger partial charge in [0.2, 0.25) is 0 Å². The van der Waals surface area contributed by atoms with Crippen LogP contribution in [0.4, 0.5) is 0 Å². The molecule has 1 spiro atoms. The molecule has 3 aliphatic carbocycles. The Morgan fingerprint density at radius 1 is 1.33 bits per heavy atom. The molecular weight excluding hydrogens is 190 g/mol. The molecule has 0 radical (unpaired) electrons. The van der Waals surface area contributed by atoms with Crippen LogP contribution in [0.3, 0.4) is 0 Å². The van der Waals surface area contributed by atoms with Gasteiger partial charge in [-0.05, 0) is 49.4 Å². The third kappa shape index (κ3) is 1.17. The quantitative estimate of drug-likeness (QED) is 0.677. The van der Waals surface area contributed by atoms with Crippen LogP contribution in [0.25, 0.3) is 0 Å². The van der Waals surface area contributed by atoms with E-state index in [0.717, 1.165) is 24.7 Å². The van der Waals surface area contributed by atoms with Crippen LogP contribution in [-0.4, -0.2) is 30.5 Å². The zero-order valence-corrected chi connectivity index (χ0v) is 9.36. The first-order chi connectivity index (χ1) is 7.17. The summed E-state index contributed by atoms with van der Waals surface area (Å²) in [6, 6.07) is 0.311. The van der Waals surface area contributed by atoms with Gasteiger partial charge in [0, 0.05) is 13.2 Å². The van der Waals surface area contributed by atoms with E-state index in [2.05, 4.69) is 0 Å². The highest BCUT2D eigenvalue weighted by Gasteiger charge is 2.61. The lowest BCUT2D eigenvalue weighted by Gasteiger charge is -2.39. The standard InChI is InChI=1S/C12H21NO2/c1-15-10-6-12(5-9(10)14)8-3-2-7(4-8)11(12)13/h7-11,14H,2-6,13H2,1H3/t7-,8+,9+,10+,11-,12-/m1/s1. The maximum Gasteiger partial charge on any atom is 0.0836 e. The molecule has 3 nitrogen and oxygen atoms in total. The number of rotatable bonds is 1. The van der Waals surface area contributed by atoms with Crippen molar-refractivity contribution in [1.29, 1.82) is 0 Å². The Hall–Kier alpha value is -0.120. The summed E-state index contributed by atoms with van der Waals surface area (Å²) in [5.41, 5.74) is 6.58. The van der Waals surface area contributed by atoms with Crippen LogP contribution in [0.1, 0.15) is 32.1 Å². The highest BCUT2D eigenvalue weighted by molar-refractivity contribution is 5.13. The second-order valence-electron chi connectivity index (χ2n) is 5.78. The summed E-state index contributed by atoms with van der Waals surface area (Å²) >= 11 is 0. The SMILES string of the molecule is CO[C@H]1C[C@]2(C[C@@H]1O)[C@H]1CC[C@H](C1)[C@H]2N. The van der Waals surface area contributed by atoms with E-state index in [1.807, 2.05) is 0 Å². The lowest BCUT2D eigenvalue weighted by Crippen LogP contribution is -2.45. The highest BCUT2D eigenvalue weighted by Crippen LogP contribution is 2.62. The Bertz CT molecular complexity index is 266. The van der Waals surface area contributed by atoms with Crippen molar-refractivity contribution in [1.82, 2.24) is 0 Å². The lowest BCUT2D eigenvalue weighted by atomic mass is 9.69. The Kier molecular flexibility index (Phi) is 2.14. The number of aliphatic hydroxyl groups is 1. The van der Waals surface area contributed by atoms with E-state index in [1.54, 1.807) is 7.11 Å². The Balaban J connectivity index is 1.86. The minimum atomic E-state index is -0.291. The normalized spacial score (nSPS) is 58.2. The van der Waals surface area contributed by atoms with Crippen LogP contribution >= 0.6 is 0 Å². The van der Waals surface area contributed by atoms with Gasteiger partial charge < -0.3 is 15.6 Å². The third-order valence-electron chi connectivity index (χ3n) is 5.36. The van der Waals surface area contributed by atoms with Gasteiger partial charge >= 0.3 is 0 Å². The first kappa shape index (κ1) is 10.1. The molecule has 3 heteroatoms. The van der Waals surface area contributed by atoms with Gasteiger partial charge in [-0.1, -0.05) is 0 Å². The van der Waals surface area contributed by atoms with Gasteiger partial charge in [0.15, 0.2) is 0 Å². The van der Waals surface area contributed by atoms with Crippen molar-refractivity contribution in [2.75, 3.05) is 7.11 Å². The summed E-state index contributed by atoms with van der Waals surface area (Å²) < 4.78 is 5.36. The number of hydrogen-bond donors (Lipinski definition) is 2. The molecule has 0 aliphatic heterocycles. The topological polar surface area (TPSA) is 55.5 Å². The molecule has 0 aromatic carbocycles. The fourth-order valence-corrected chi connectivity index (χ4v) is 4.57. The predicted octanol–water partition coefficient (Wildman–Crippen LogP) is 0.900. The van der Waals surface area contributed by atoms with Crippen LogP contribution in [0.15, 0.2) is 0 Å². The van der Waals surface area contributed by atoms with E-state index in [4.69, 9.17) is 10.5 Å². The predicted molar refractivity (Wildman–Crippen MR) is 57.3 cm³/mol. The minimum absolute atomic E-state index is 0.0235. The van der Waals surface area contributed by atoms with Gasteiger partial charge in [-0.2, -0.15) is 0 Å². The molecule has 0 heterocycles. The van der Waals surface area contributed by atoms with Gasteiger partial charge in [0.05, 0.1) is 12.2 Å². The Morgan fingerprint density at radius 2 is 2.13 bits per heavy atom. The smallest absolute Gasteiger partial charge is 0.0836 e. The summed E-state index contributed by atoms with van der Waals surface area (Å²) in [4.78, 5) is 0. The van der Waals surface area contributed by atoms with Crippen LogP contribution in [0, 0.1) is 17.3 Å². The first-order valence-electron chi connectivity index (χ1n) is 6.14. The molecule has 3 rings (SSSR count). The summed E-state index contributed by atoms with van der Waals surface area (Å²) in [5.74, 6) is 1.48. The minimum Gasteiger partial charge on any atom is -0.390 e. The van der Waals surface area contributed by atoms with E-state index in [-0.39, 0.29) is 17.6 Å². The maximum atomic E-state index is 9.98. The highest BCUT2D eigenvalue weighted by atomic mass is 16.5. The van der Waals surface area contributed by atoms with Gasteiger partial charge in [-0.25, -0.2) is 0 Å². The van der Waals surface area contributed by atoms with Crippen LogP contribution in [0.5, 0.6) is 0 Å². The molecule has 2 bridgehead atoms. The van der Waals surface area contributed by atoms with E-state index in [1.165, 1.54) is 19.3 Å². The van der Waals surface area contributed by atoms with Gasteiger partial charge in [-0.3, -0.25) is 0 Å². The molecule has 86 valence electrons. The Morgan fingerprint density at radius 3 is 2.67 bits per heavy atom. The van der Waals surface area contributed by atoms with Crippen molar-refractivity contribution >= 4 is 0 Å². The van der Waals surface area contributed by atoms with Crippen molar-refractivity contribution in [2.24, 2.45) is 23.0 Å². The lowest BCUT2D eigenvalue weighted by molar-refractivity contribution is 0.00927. The zero-order chi connectivity index (χ0) is 10.6. The molecule has 0 aromatic rings. The average Bonchev–Trinajstić information content (AvgIpc) is 2.85. The number of ether oxygens (including phenoxy) is 1. The van der Waals surface area contributed by atoms with Gasteiger partial charge in [0.25, 0.3) is 0 Å². The van der Waals surface area contributed by atoms with Crippen molar-refractivity contribution < 1.29 is 9.84 Å². The van der Waals surface area contributed by atoms with E-state index in [0.29, 0.717) is 6.04 Å². The maximum absolute atomic E-state index is 9.98. The second-order valence-corrected chi connectivity index (χ2v) is 5.78. The van der Waals surface area contributed by atoms with Gasteiger partial charge in [-0.15, -0.1) is 0 Å². The molecule has 0 amide bonds. The van der Waals surface area contributed by atoms with Crippen molar-refractivity contribution in [3.05, 3.63) is 0 Å². The molecule has 3 fully saturated rings. The molecule has 0 aromatic heterocycles. The molecule has 3 saturated carbocycles. The summed E-state index contributed by atoms with van der Waals surface area (Å²) in [6.45, 7) is 0. The molecule has 0 unspecified atom stereocenters. The number of aliphatic hydroxyl groups excluding tert-OH is 1. The first-order valence-corrected chi connectivity index (χ1v) is 6.14. The fourth-order valence-electron chi connectivity index (χ4n) is 4.57. The van der Waals surface area contributed by atoms with Crippen LogP contribution in [0.2, 0.25) is 0 Å². The molecule has 3 N–H and O–H groups in total. The third-order valence-corrected chi connectivity index (χ3v) is 5.36. The monoisotopic (exact) mass is 211 g/mol. The average molecular weight is 211 g/mol. The van der Waals surface area contributed by atoms with Crippen molar-refractivity contribution in [3.8, 4) is 0 Å². The molecule has 15 heavy (non-hydrogen) atoms. The van der Waals surface area contributed by atoms with E-state index >= 15 is 0 Å². The zero-order valence-electron chi connectivity index (χ0n) is 9.36. The summed E-state index contributed by atoms with van der Waals surface area (Å²) in [6.07, 6.45) is 5.50. The number of nitrogens with two attached hydrogens (primary N) is 1. The second kappa shape index (κ2) is 3.19. The number of hydrogen-bond acceptors (Lipinski definition) is 3. The molecular formula is C12H21NO2. The number of fused-ring (bicyclic) bond motifs is 3. The summed E-state index contributed by atoms with van der Waals surface area (Å²) in [7, 11) is 1.70. The molecule has 6 atom stereocenters. The number of methoxy groups -OCH3 is 1. The molecule has 3 aliphatic rings.